The van der Waals surface area contributed by atoms with Gasteiger partial charge in [0.1, 0.15) is 0 Å². The molecule has 1 aromatic heterocycles. The van der Waals surface area contributed by atoms with Crippen LogP contribution in [-0.4, -0.2) is 40.1 Å². The molecule has 0 aliphatic carbocycles. The van der Waals surface area contributed by atoms with E-state index in [1.807, 2.05) is 65.9 Å². The van der Waals surface area contributed by atoms with E-state index in [1.165, 1.54) is 17.3 Å². The van der Waals surface area contributed by atoms with Crippen molar-refractivity contribution in [3.63, 3.8) is 0 Å². The molecule has 0 N–H and O–H groups in total. The number of thioether (sulfide) groups is 1. The summed E-state index contributed by atoms with van der Waals surface area (Å²) in [4.78, 5) is 14.6. The van der Waals surface area contributed by atoms with Gasteiger partial charge in [-0.15, -0.1) is 10.2 Å². The van der Waals surface area contributed by atoms with Crippen molar-refractivity contribution in [3.8, 4) is 11.5 Å². The van der Waals surface area contributed by atoms with Crippen LogP contribution in [0.15, 0.2) is 53.7 Å². The van der Waals surface area contributed by atoms with E-state index >= 15 is 0 Å². The third-order valence-corrected chi connectivity index (χ3v) is 6.12. The Bertz CT molecular complexity index is 1050. The summed E-state index contributed by atoms with van der Waals surface area (Å²) < 4.78 is 13.2. The standard InChI is InChI=1S/C22H24N4O3S/c1-15(29-19-11-7-6-10-18(19)28-3)21-23-24-22(25(21)2)30-14-20(27)26-13-12-16-8-4-5-9-17(16)26/h4-11,15H,12-14H2,1-3H3. The monoisotopic (exact) mass is 424 g/mol. The number of benzene rings is 2. The number of carbonyl (C=O) groups is 1. The Hall–Kier alpha value is -3.00. The lowest BCUT2D eigenvalue weighted by atomic mass is 10.2. The van der Waals surface area contributed by atoms with Gasteiger partial charge in [0, 0.05) is 19.3 Å². The summed E-state index contributed by atoms with van der Waals surface area (Å²) in [6, 6.07) is 15.5. The fourth-order valence-corrected chi connectivity index (χ4v) is 4.36. The molecule has 0 saturated carbocycles. The van der Waals surface area contributed by atoms with Crippen LogP contribution in [0.5, 0.6) is 11.5 Å². The first-order valence-electron chi connectivity index (χ1n) is 9.78. The summed E-state index contributed by atoms with van der Waals surface area (Å²) >= 11 is 1.39. The summed E-state index contributed by atoms with van der Waals surface area (Å²) in [6.07, 6.45) is 0.577. The van der Waals surface area contributed by atoms with Crippen LogP contribution in [0.3, 0.4) is 0 Å². The molecule has 30 heavy (non-hydrogen) atoms. The van der Waals surface area contributed by atoms with E-state index in [9.17, 15) is 4.79 Å². The molecule has 156 valence electrons. The molecule has 8 heteroatoms. The van der Waals surface area contributed by atoms with Gasteiger partial charge in [0.15, 0.2) is 28.6 Å². The third kappa shape index (κ3) is 4.00. The molecule has 7 nitrogen and oxygen atoms in total. The molecule has 1 aliphatic heterocycles. The van der Waals surface area contributed by atoms with Gasteiger partial charge in [-0.25, -0.2) is 0 Å². The van der Waals surface area contributed by atoms with Crippen LogP contribution in [0, 0.1) is 0 Å². The van der Waals surface area contributed by atoms with Crippen molar-refractivity contribution in [2.45, 2.75) is 24.6 Å². The maximum Gasteiger partial charge on any atom is 0.237 e. The van der Waals surface area contributed by atoms with Crippen molar-refractivity contribution in [3.05, 3.63) is 59.9 Å². The van der Waals surface area contributed by atoms with Crippen LogP contribution in [0.4, 0.5) is 5.69 Å². The van der Waals surface area contributed by atoms with E-state index in [4.69, 9.17) is 9.47 Å². The smallest absolute Gasteiger partial charge is 0.237 e. The highest BCUT2D eigenvalue weighted by Gasteiger charge is 2.25. The Labute approximate surface area is 180 Å². The van der Waals surface area contributed by atoms with Gasteiger partial charge in [-0.05, 0) is 37.1 Å². The van der Waals surface area contributed by atoms with Gasteiger partial charge in [-0.3, -0.25) is 4.79 Å². The number of nitrogens with zero attached hydrogens (tertiary/aromatic N) is 4. The number of rotatable bonds is 7. The fraction of sp³-hybridized carbons (Fsp3) is 0.318. The first-order chi connectivity index (χ1) is 14.6. The lowest BCUT2D eigenvalue weighted by molar-refractivity contribution is -0.116. The SMILES string of the molecule is COc1ccccc1OC(C)c1nnc(SCC(=O)N2CCc3ccccc32)n1C. The van der Waals surface area contributed by atoms with Gasteiger partial charge in [0.25, 0.3) is 0 Å². The molecular weight excluding hydrogens is 400 g/mol. The van der Waals surface area contributed by atoms with Gasteiger partial charge in [-0.1, -0.05) is 42.1 Å². The highest BCUT2D eigenvalue weighted by atomic mass is 32.2. The number of hydrogen-bond acceptors (Lipinski definition) is 6. The quantitative estimate of drug-likeness (QED) is 0.540. The molecule has 0 saturated heterocycles. The molecule has 2 aromatic carbocycles. The van der Waals surface area contributed by atoms with E-state index in [0.29, 0.717) is 28.2 Å². The van der Waals surface area contributed by atoms with Crippen LogP contribution in [0.25, 0.3) is 0 Å². The molecule has 2 heterocycles. The van der Waals surface area contributed by atoms with Crippen molar-refractivity contribution in [1.82, 2.24) is 14.8 Å². The average Bonchev–Trinajstić information content (AvgIpc) is 3.36. The van der Waals surface area contributed by atoms with Crippen LogP contribution >= 0.6 is 11.8 Å². The Balaban J connectivity index is 1.40. The average molecular weight is 425 g/mol. The molecule has 1 unspecified atom stereocenters. The van der Waals surface area contributed by atoms with E-state index in [1.54, 1.807) is 7.11 Å². The van der Waals surface area contributed by atoms with E-state index in [2.05, 4.69) is 16.3 Å². The molecule has 0 bridgehead atoms. The Morgan fingerprint density at radius 2 is 1.87 bits per heavy atom. The zero-order chi connectivity index (χ0) is 21.1. The Morgan fingerprint density at radius 1 is 1.13 bits per heavy atom. The van der Waals surface area contributed by atoms with E-state index in [-0.39, 0.29) is 12.0 Å². The van der Waals surface area contributed by atoms with Gasteiger partial charge in [0.05, 0.1) is 12.9 Å². The molecule has 1 atom stereocenters. The topological polar surface area (TPSA) is 69.5 Å². The number of carbonyl (C=O) groups excluding carboxylic acids is 1. The number of methoxy groups -OCH3 is 1. The summed E-state index contributed by atoms with van der Waals surface area (Å²) in [6.45, 7) is 2.64. The summed E-state index contributed by atoms with van der Waals surface area (Å²) in [7, 11) is 3.50. The van der Waals surface area contributed by atoms with Crippen molar-refractivity contribution >= 4 is 23.4 Å². The number of anilines is 1. The van der Waals surface area contributed by atoms with Crippen molar-refractivity contribution in [2.24, 2.45) is 7.05 Å². The van der Waals surface area contributed by atoms with Crippen LogP contribution < -0.4 is 14.4 Å². The van der Waals surface area contributed by atoms with Gasteiger partial charge in [0.2, 0.25) is 5.91 Å². The summed E-state index contributed by atoms with van der Waals surface area (Å²) in [5, 5.41) is 9.22. The zero-order valence-corrected chi connectivity index (χ0v) is 18.1. The highest BCUT2D eigenvalue weighted by molar-refractivity contribution is 7.99. The number of para-hydroxylation sites is 3. The fourth-order valence-electron chi connectivity index (χ4n) is 3.57. The van der Waals surface area contributed by atoms with E-state index < -0.39 is 0 Å². The second-order valence-corrected chi connectivity index (χ2v) is 7.97. The predicted molar refractivity (Wildman–Crippen MR) is 116 cm³/mol. The predicted octanol–water partition coefficient (Wildman–Crippen LogP) is 3.65. The molecule has 0 spiro atoms. The first kappa shape index (κ1) is 20.3. The zero-order valence-electron chi connectivity index (χ0n) is 17.2. The van der Waals surface area contributed by atoms with Crippen LogP contribution in [0.2, 0.25) is 0 Å². The number of fused-ring (bicyclic) bond motifs is 1. The molecule has 0 radical (unpaired) electrons. The third-order valence-electron chi connectivity index (χ3n) is 5.12. The minimum absolute atomic E-state index is 0.0767. The van der Waals surface area contributed by atoms with Gasteiger partial charge >= 0.3 is 0 Å². The minimum Gasteiger partial charge on any atom is -0.493 e. The number of ether oxygens (including phenoxy) is 2. The highest BCUT2D eigenvalue weighted by Crippen LogP contribution is 2.31. The lowest BCUT2D eigenvalue weighted by Crippen LogP contribution is -2.30. The second kappa shape index (κ2) is 8.79. The Kier molecular flexibility index (Phi) is 5.94. The summed E-state index contributed by atoms with van der Waals surface area (Å²) in [5.41, 5.74) is 2.24. The van der Waals surface area contributed by atoms with Gasteiger partial charge < -0.3 is 18.9 Å². The Morgan fingerprint density at radius 3 is 2.67 bits per heavy atom. The molecule has 4 rings (SSSR count). The maximum atomic E-state index is 12.8. The van der Waals surface area contributed by atoms with E-state index in [0.717, 1.165) is 18.7 Å². The van der Waals surface area contributed by atoms with Crippen LogP contribution in [-0.2, 0) is 18.3 Å². The number of aromatic nitrogens is 3. The molecule has 0 fully saturated rings. The largest absolute Gasteiger partial charge is 0.493 e. The second-order valence-electron chi connectivity index (χ2n) is 7.02. The maximum absolute atomic E-state index is 12.8. The van der Waals surface area contributed by atoms with Crippen molar-refractivity contribution < 1.29 is 14.3 Å². The van der Waals surface area contributed by atoms with Crippen molar-refractivity contribution in [2.75, 3.05) is 24.3 Å². The lowest BCUT2D eigenvalue weighted by Gasteiger charge is -2.17. The molecular formula is C22H24N4O3S. The normalized spacial score (nSPS) is 13.8. The number of hydrogen-bond donors (Lipinski definition) is 0. The minimum atomic E-state index is -0.325. The molecule has 1 aliphatic rings. The van der Waals surface area contributed by atoms with Crippen LogP contribution in [0.1, 0.15) is 24.4 Å². The van der Waals surface area contributed by atoms with Gasteiger partial charge in [-0.2, -0.15) is 0 Å². The number of amides is 1. The molecule has 1 amide bonds. The first-order valence-corrected chi connectivity index (χ1v) is 10.8. The summed E-state index contributed by atoms with van der Waals surface area (Å²) in [5.74, 6) is 2.38. The molecule has 3 aromatic rings. The van der Waals surface area contributed by atoms with Crippen molar-refractivity contribution in [1.29, 1.82) is 0 Å².